The van der Waals surface area contributed by atoms with Crippen LogP contribution in [0.5, 0.6) is 0 Å². The number of nitrogens with one attached hydrogen (secondary N) is 1. The summed E-state index contributed by atoms with van der Waals surface area (Å²) in [5.41, 5.74) is 0.106. The Morgan fingerprint density at radius 1 is 1.09 bits per heavy atom. The maximum Gasteiger partial charge on any atom is 0.416 e. The fourth-order valence-electron chi connectivity index (χ4n) is 4.69. The van der Waals surface area contributed by atoms with E-state index >= 15 is 0 Å². The zero-order valence-corrected chi connectivity index (χ0v) is 19.5. The minimum Gasteiger partial charge on any atom is -0.394 e. The first kappa shape index (κ1) is 25.7. The summed E-state index contributed by atoms with van der Waals surface area (Å²) in [4.78, 5) is 16.4. The van der Waals surface area contributed by atoms with Gasteiger partial charge < -0.3 is 25.2 Å². The monoisotopic (exact) mass is 513 g/mol. The fourth-order valence-corrected chi connectivity index (χ4v) is 4.91. The van der Waals surface area contributed by atoms with E-state index < -0.39 is 36.1 Å². The van der Waals surface area contributed by atoms with Crippen LogP contribution in [-0.4, -0.2) is 84.7 Å². The normalized spacial score (nSPS) is 25.6. The Labute approximate surface area is 206 Å². The van der Waals surface area contributed by atoms with E-state index in [0.717, 1.165) is 12.1 Å². The van der Waals surface area contributed by atoms with Gasteiger partial charge in [0.25, 0.3) is 5.91 Å². The lowest BCUT2D eigenvalue weighted by molar-refractivity contribution is -0.137. The highest BCUT2D eigenvalue weighted by Gasteiger charge is 2.47. The molecule has 4 rings (SSSR count). The van der Waals surface area contributed by atoms with Crippen LogP contribution in [0.2, 0.25) is 5.02 Å². The Morgan fingerprint density at radius 2 is 1.80 bits per heavy atom. The van der Waals surface area contributed by atoms with Gasteiger partial charge in [0.2, 0.25) is 0 Å². The van der Waals surface area contributed by atoms with Crippen LogP contribution in [0.4, 0.5) is 18.9 Å². The number of halogens is 4. The van der Waals surface area contributed by atoms with Crippen LogP contribution >= 0.6 is 11.6 Å². The average Bonchev–Trinajstić information content (AvgIpc) is 3.17. The summed E-state index contributed by atoms with van der Waals surface area (Å²) in [5, 5.41) is 23.5. The van der Waals surface area contributed by atoms with Crippen molar-refractivity contribution in [3.8, 4) is 0 Å². The van der Waals surface area contributed by atoms with Crippen molar-refractivity contribution in [2.24, 2.45) is 0 Å². The molecule has 2 heterocycles. The summed E-state index contributed by atoms with van der Waals surface area (Å²) < 4.78 is 45.1. The molecule has 0 spiro atoms. The molecule has 4 atom stereocenters. The summed E-state index contributed by atoms with van der Waals surface area (Å²) in [5.74, 6) is -0.380. The third-order valence-electron chi connectivity index (χ3n) is 6.50. The number of alkyl halides is 3. The number of benzene rings is 2. The van der Waals surface area contributed by atoms with Gasteiger partial charge in [-0.15, -0.1) is 0 Å². The highest BCUT2D eigenvalue weighted by Crippen LogP contribution is 2.33. The van der Waals surface area contributed by atoms with Crippen molar-refractivity contribution < 1.29 is 32.9 Å². The number of piperazine rings is 1. The molecule has 2 aromatic carbocycles. The van der Waals surface area contributed by atoms with Gasteiger partial charge in [0, 0.05) is 38.4 Å². The summed E-state index contributed by atoms with van der Waals surface area (Å²) >= 11 is 6.09. The Bertz CT molecular complexity index is 1030. The van der Waals surface area contributed by atoms with E-state index in [1.807, 2.05) is 9.80 Å². The van der Waals surface area contributed by atoms with Crippen LogP contribution in [0.3, 0.4) is 0 Å². The maximum atomic E-state index is 13.1. The predicted octanol–water partition coefficient (Wildman–Crippen LogP) is 2.40. The summed E-state index contributed by atoms with van der Waals surface area (Å²) in [6.45, 7) is 1.55. The minimum atomic E-state index is -4.41. The molecule has 0 unspecified atom stereocenters. The lowest BCUT2D eigenvalue weighted by Gasteiger charge is -2.41. The van der Waals surface area contributed by atoms with Crippen molar-refractivity contribution in [1.29, 1.82) is 0 Å². The fraction of sp³-hybridized carbons (Fsp3) is 0.458. The average molecular weight is 514 g/mol. The van der Waals surface area contributed by atoms with Crippen molar-refractivity contribution in [3.05, 3.63) is 64.7 Å². The first-order valence-electron chi connectivity index (χ1n) is 11.3. The molecule has 2 aromatic rings. The van der Waals surface area contributed by atoms with Gasteiger partial charge in [-0.25, -0.2) is 0 Å². The van der Waals surface area contributed by atoms with Gasteiger partial charge in [-0.2, -0.15) is 13.2 Å². The maximum absolute atomic E-state index is 13.1. The van der Waals surface area contributed by atoms with Gasteiger partial charge in [0.1, 0.15) is 12.2 Å². The molecule has 0 radical (unpaired) electrons. The second-order valence-electron chi connectivity index (χ2n) is 8.64. The highest BCUT2D eigenvalue weighted by molar-refractivity contribution is 6.33. The van der Waals surface area contributed by atoms with Gasteiger partial charge in [0.15, 0.2) is 0 Å². The van der Waals surface area contributed by atoms with Gasteiger partial charge in [-0.05, 0) is 30.3 Å². The van der Waals surface area contributed by atoms with Crippen molar-refractivity contribution in [1.82, 2.24) is 10.2 Å². The van der Waals surface area contributed by atoms with E-state index in [2.05, 4.69) is 5.32 Å². The number of aliphatic hydroxyl groups is 2. The summed E-state index contributed by atoms with van der Waals surface area (Å²) in [6.07, 6.45) is -6.79. The highest BCUT2D eigenvalue weighted by atomic mass is 35.5. The first-order valence-corrected chi connectivity index (χ1v) is 11.7. The number of aliphatic hydroxyl groups excluding tert-OH is 2. The van der Waals surface area contributed by atoms with E-state index in [-0.39, 0.29) is 19.1 Å². The lowest BCUT2D eigenvalue weighted by atomic mass is 10.0. The number of nitrogens with zero attached hydrogens (tertiary/aromatic N) is 2. The SMILES string of the molecule is O=C(NC[C@H]1O[C@@H](CO)[C@@H](O)[C@H]1N1CCN(c2cccc(C(F)(F)F)c2)CC1)c1ccccc1Cl. The van der Waals surface area contributed by atoms with Gasteiger partial charge in [-0.1, -0.05) is 29.8 Å². The van der Waals surface area contributed by atoms with E-state index in [1.165, 1.54) is 6.07 Å². The number of carbonyl (C=O) groups is 1. The van der Waals surface area contributed by atoms with Crippen LogP contribution in [0, 0.1) is 0 Å². The number of hydrogen-bond acceptors (Lipinski definition) is 6. The van der Waals surface area contributed by atoms with Crippen LogP contribution in [0.25, 0.3) is 0 Å². The Hall–Kier alpha value is -2.37. The predicted molar refractivity (Wildman–Crippen MR) is 125 cm³/mol. The molecule has 0 saturated carbocycles. The third kappa shape index (κ3) is 5.73. The topological polar surface area (TPSA) is 85.3 Å². The molecule has 0 aliphatic carbocycles. The Balaban J connectivity index is 1.41. The van der Waals surface area contributed by atoms with E-state index in [9.17, 15) is 28.2 Å². The van der Waals surface area contributed by atoms with Gasteiger partial charge in [0.05, 0.1) is 34.9 Å². The minimum absolute atomic E-state index is 0.0934. The van der Waals surface area contributed by atoms with E-state index in [4.69, 9.17) is 16.3 Å². The number of anilines is 1. The summed E-state index contributed by atoms with van der Waals surface area (Å²) in [7, 11) is 0. The zero-order chi connectivity index (χ0) is 25.2. The second-order valence-corrected chi connectivity index (χ2v) is 9.04. The van der Waals surface area contributed by atoms with Crippen LogP contribution < -0.4 is 10.2 Å². The molecule has 1 amide bonds. The Morgan fingerprint density at radius 3 is 2.46 bits per heavy atom. The van der Waals surface area contributed by atoms with Crippen molar-refractivity contribution >= 4 is 23.2 Å². The molecule has 3 N–H and O–H groups in total. The molecule has 2 aliphatic heterocycles. The van der Waals surface area contributed by atoms with Crippen LogP contribution in [0.15, 0.2) is 48.5 Å². The van der Waals surface area contributed by atoms with Crippen LogP contribution in [0.1, 0.15) is 15.9 Å². The molecular weight excluding hydrogens is 487 g/mol. The van der Waals surface area contributed by atoms with Crippen LogP contribution in [-0.2, 0) is 10.9 Å². The molecule has 11 heteroatoms. The standard InChI is InChI=1S/C24H27ClF3N3O4/c25-18-7-2-1-6-17(18)23(34)29-13-19-21(22(33)20(14-32)35-19)31-10-8-30(9-11-31)16-5-3-4-15(12-16)24(26,27)28/h1-7,12,19-22,32-33H,8-11,13-14H2,(H,29,34)/t19-,20+,21+,22-/m1/s1. The molecule has 0 aromatic heterocycles. The molecular formula is C24H27ClF3N3O4. The van der Waals surface area contributed by atoms with Crippen molar-refractivity contribution in [2.75, 3.05) is 44.2 Å². The smallest absolute Gasteiger partial charge is 0.394 e. The molecule has 7 nitrogen and oxygen atoms in total. The second kappa shape index (κ2) is 10.7. The number of rotatable bonds is 6. The quantitative estimate of drug-likeness (QED) is 0.550. The van der Waals surface area contributed by atoms with E-state index in [1.54, 1.807) is 30.3 Å². The number of hydrogen-bond donors (Lipinski definition) is 3. The lowest BCUT2D eigenvalue weighted by Crippen LogP contribution is -2.57. The largest absolute Gasteiger partial charge is 0.416 e. The molecule has 190 valence electrons. The molecule has 0 bridgehead atoms. The molecule has 2 fully saturated rings. The Kier molecular flexibility index (Phi) is 7.87. The molecule has 2 saturated heterocycles. The van der Waals surface area contributed by atoms with Gasteiger partial charge >= 0.3 is 6.18 Å². The zero-order valence-electron chi connectivity index (χ0n) is 18.8. The van der Waals surface area contributed by atoms with E-state index in [0.29, 0.717) is 42.5 Å². The summed E-state index contributed by atoms with van der Waals surface area (Å²) in [6, 6.07) is 11.4. The van der Waals surface area contributed by atoms with Gasteiger partial charge in [-0.3, -0.25) is 9.69 Å². The van der Waals surface area contributed by atoms with Crippen molar-refractivity contribution in [2.45, 2.75) is 30.5 Å². The molecule has 35 heavy (non-hydrogen) atoms. The number of carbonyl (C=O) groups excluding carboxylic acids is 1. The third-order valence-corrected chi connectivity index (χ3v) is 6.83. The van der Waals surface area contributed by atoms with Crippen molar-refractivity contribution in [3.63, 3.8) is 0 Å². The first-order chi connectivity index (χ1) is 16.7. The number of ether oxygens (including phenoxy) is 1. The number of amides is 1. The molecule has 2 aliphatic rings.